The number of aliphatic hydroxyl groups is 1. The van der Waals surface area contributed by atoms with Crippen LogP contribution in [-0.2, 0) is 19.9 Å². The first-order valence-corrected chi connectivity index (χ1v) is 12.4. The predicted molar refractivity (Wildman–Crippen MR) is 134 cm³/mol. The van der Waals surface area contributed by atoms with Crippen molar-refractivity contribution in [3.63, 3.8) is 0 Å². The number of aryl methyl sites for hydroxylation is 1. The maximum absolute atomic E-state index is 10.8. The van der Waals surface area contributed by atoms with Gasteiger partial charge in [0.15, 0.2) is 0 Å². The van der Waals surface area contributed by atoms with Gasteiger partial charge in [-0.05, 0) is 64.7 Å². The number of ether oxygens (including phenoxy) is 1. The second-order valence-corrected chi connectivity index (χ2v) is 9.25. The summed E-state index contributed by atoms with van der Waals surface area (Å²) in [5.41, 5.74) is 3.33. The molecule has 2 aromatic rings. The fourth-order valence-corrected chi connectivity index (χ4v) is 4.08. The largest absolute Gasteiger partial charge is 0.386 e. The Morgan fingerprint density at radius 2 is 1.85 bits per heavy atom. The number of carbonyl (C=O) groups is 2. The molecule has 0 saturated carbocycles. The molecule has 2 saturated heterocycles. The maximum Gasteiger partial charge on any atom is 0.220 e. The van der Waals surface area contributed by atoms with Gasteiger partial charge in [0, 0.05) is 37.7 Å². The Balaban J connectivity index is 0.000000286. The number of ketones is 1. The van der Waals surface area contributed by atoms with E-state index in [1.54, 1.807) is 6.92 Å². The summed E-state index contributed by atoms with van der Waals surface area (Å²) in [5.74, 6) is 0.315. The zero-order valence-electron chi connectivity index (χ0n) is 21.6. The Kier molecular flexibility index (Phi) is 10.5. The first-order chi connectivity index (χ1) is 16.1. The van der Waals surface area contributed by atoms with E-state index >= 15 is 0 Å². The molecule has 2 aliphatic rings. The van der Waals surface area contributed by atoms with Crippen LogP contribution in [0.1, 0.15) is 77.6 Å². The first-order valence-electron chi connectivity index (χ1n) is 12.4. The minimum Gasteiger partial charge on any atom is -0.386 e. The van der Waals surface area contributed by atoms with E-state index in [0.717, 1.165) is 55.0 Å². The van der Waals surface area contributed by atoms with Gasteiger partial charge in [-0.2, -0.15) is 5.10 Å². The van der Waals surface area contributed by atoms with Gasteiger partial charge in [0.2, 0.25) is 5.91 Å². The van der Waals surface area contributed by atoms with E-state index in [2.05, 4.69) is 28.2 Å². The molecule has 0 bridgehead atoms. The van der Waals surface area contributed by atoms with Gasteiger partial charge in [0.25, 0.3) is 0 Å². The third-order valence-electron chi connectivity index (χ3n) is 6.10. The van der Waals surface area contributed by atoms with Crippen molar-refractivity contribution in [1.29, 1.82) is 0 Å². The molecule has 1 atom stereocenters. The summed E-state index contributed by atoms with van der Waals surface area (Å²) in [6, 6.07) is 10.6. The molecule has 7 heteroatoms. The summed E-state index contributed by atoms with van der Waals surface area (Å²) >= 11 is 0. The molecule has 1 amide bonds. The predicted octanol–water partition coefficient (Wildman–Crippen LogP) is 4.57. The Morgan fingerprint density at radius 3 is 2.41 bits per heavy atom. The molecule has 0 aliphatic carbocycles. The van der Waals surface area contributed by atoms with Gasteiger partial charge in [-0.1, -0.05) is 32.0 Å². The van der Waals surface area contributed by atoms with E-state index in [9.17, 15) is 14.7 Å². The molecular formula is C27H41N3O4. The smallest absolute Gasteiger partial charge is 0.220 e. The number of aromatic nitrogens is 2. The van der Waals surface area contributed by atoms with Crippen LogP contribution >= 0.6 is 0 Å². The molecule has 3 heterocycles. The van der Waals surface area contributed by atoms with Crippen molar-refractivity contribution in [2.75, 3.05) is 19.8 Å². The topological polar surface area (TPSA) is 93.5 Å². The normalized spacial score (nSPS) is 18.7. The summed E-state index contributed by atoms with van der Waals surface area (Å²) in [6.07, 6.45) is 3.23. The van der Waals surface area contributed by atoms with Crippen LogP contribution in [0.4, 0.5) is 0 Å². The molecule has 2 fully saturated rings. The molecule has 34 heavy (non-hydrogen) atoms. The first kappa shape index (κ1) is 27.7. The molecule has 0 spiro atoms. The number of piperidine rings is 1. The van der Waals surface area contributed by atoms with Crippen LogP contribution in [0.15, 0.2) is 30.3 Å². The minimum atomic E-state index is -0.839. The molecule has 1 aromatic heterocycles. The number of amides is 1. The highest BCUT2D eigenvalue weighted by atomic mass is 16.5. The number of nitrogens with zero attached hydrogens (tertiary/aromatic N) is 2. The zero-order chi connectivity index (χ0) is 25.3. The van der Waals surface area contributed by atoms with Gasteiger partial charge in [-0.3, -0.25) is 14.3 Å². The van der Waals surface area contributed by atoms with E-state index in [1.807, 2.05) is 46.8 Å². The Labute approximate surface area is 203 Å². The molecule has 1 unspecified atom stereocenters. The molecule has 0 radical (unpaired) electrons. The number of carbonyl (C=O) groups excluding carboxylic acids is 2. The van der Waals surface area contributed by atoms with Crippen LogP contribution in [0, 0.1) is 12.8 Å². The lowest BCUT2D eigenvalue weighted by atomic mass is 9.95. The van der Waals surface area contributed by atoms with E-state index in [0.29, 0.717) is 19.0 Å². The fraction of sp³-hybridized carbons (Fsp3) is 0.593. The van der Waals surface area contributed by atoms with Crippen LogP contribution in [-0.4, -0.2) is 46.3 Å². The Morgan fingerprint density at radius 1 is 1.18 bits per heavy atom. The number of hydrogen-bond donors (Lipinski definition) is 2. The lowest BCUT2D eigenvalue weighted by Gasteiger charge is -2.25. The van der Waals surface area contributed by atoms with Gasteiger partial charge in [0.05, 0.1) is 23.0 Å². The van der Waals surface area contributed by atoms with E-state index in [4.69, 9.17) is 9.84 Å². The summed E-state index contributed by atoms with van der Waals surface area (Å²) in [6.45, 7) is 13.4. The van der Waals surface area contributed by atoms with Gasteiger partial charge in [-0.15, -0.1) is 0 Å². The second kappa shape index (κ2) is 12.8. The minimum absolute atomic E-state index is 0.0671. The molecule has 188 valence electrons. The second-order valence-electron chi connectivity index (χ2n) is 9.25. The number of rotatable bonds is 4. The van der Waals surface area contributed by atoms with Crippen molar-refractivity contribution in [2.45, 2.75) is 78.9 Å². The van der Waals surface area contributed by atoms with Crippen LogP contribution < -0.4 is 5.32 Å². The number of Topliss-reactive ketones (excluding diaryl/α,β-unsaturated/α-hetero) is 1. The number of benzene rings is 1. The lowest BCUT2D eigenvalue weighted by molar-refractivity contribution is -0.126. The molecule has 4 rings (SSSR count). The van der Waals surface area contributed by atoms with Crippen molar-refractivity contribution in [2.24, 2.45) is 5.92 Å². The molecule has 2 N–H and O–H groups in total. The van der Waals surface area contributed by atoms with Crippen LogP contribution in [0.5, 0.6) is 0 Å². The van der Waals surface area contributed by atoms with Crippen LogP contribution in [0.3, 0.4) is 0 Å². The third kappa shape index (κ3) is 7.77. The van der Waals surface area contributed by atoms with Gasteiger partial charge < -0.3 is 15.2 Å². The summed E-state index contributed by atoms with van der Waals surface area (Å²) in [7, 11) is 0. The summed E-state index contributed by atoms with van der Waals surface area (Å²) < 4.78 is 7.60. The van der Waals surface area contributed by atoms with Gasteiger partial charge in [0.1, 0.15) is 5.78 Å². The van der Waals surface area contributed by atoms with Crippen molar-refractivity contribution in [1.82, 2.24) is 15.1 Å². The van der Waals surface area contributed by atoms with Crippen molar-refractivity contribution in [3.05, 3.63) is 41.6 Å². The van der Waals surface area contributed by atoms with Crippen molar-refractivity contribution >= 4 is 11.7 Å². The van der Waals surface area contributed by atoms with Crippen molar-refractivity contribution in [3.8, 4) is 11.3 Å². The van der Waals surface area contributed by atoms with E-state index in [-0.39, 0.29) is 17.6 Å². The highest BCUT2D eigenvalue weighted by Crippen LogP contribution is 2.31. The Bertz CT molecular complexity index is 930. The SMILES string of the molecule is CC.CC(=O)C1CCC(=O)NC1.Cc1cc(-c2cccc(C(C)(C)O)c2)n(C2CCOCC2)n1. The third-order valence-corrected chi connectivity index (χ3v) is 6.10. The standard InChI is InChI=1S/C18H24N2O2.C7H11NO2.C2H6/c1-13-11-17(20(19-13)16-7-9-22-10-8-16)14-5-4-6-15(12-14)18(2,3)21;1-5(9)6-2-3-7(10)8-4-6;1-2/h4-6,11-12,16,21H,7-10H2,1-3H3;6H,2-4H2,1H3,(H,8,10);1-2H3. The van der Waals surface area contributed by atoms with Crippen molar-refractivity contribution < 1.29 is 19.4 Å². The summed E-state index contributed by atoms with van der Waals surface area (Å²) in [5, 5.41) is 17.6. The van der Waals surface area contributed by atoms with Gasteiger partial charge in [-0.25, -0.2) is 0 Å². The molecule has 1 aromatic carbocycles. The average Bonchev–Trinajstić information content (AvgIpc) is 3.23. The molecular weight excluding hydrogens is 430 g/mol. The fourth-order valence-electron chi connectivity index (χ4n) is 4.08. The highest BCUT2D eigenvalue weighted by molar-refractivity contribution is 5.83. The van der Waals surface area contributed by atoms with Crippen LogP contribution in [0.2, 0.25) is 0 Å². The van der Waals surface area contributed by atoms with Gasteiger partial charge >= 0.3 is 0 Å². The van der Waals surface area contributed by atoms with E-state index in [1.165, 1.54) is 0 Å². The number of hydrogen-bond acceptors (Lipinski definition) is 5. The number of nitrogens with one attached hydrogen (secondary N) is 1. The summed E-state index contributed by atoms with van der Waals surface area (Å²) in [4.78, 5) is 21.4. The molecule has 2 aliphatic heterocycles. The van der Waals surface area contributed by atoms with E-state index < -0.39 is 5.60 Å². The van der Waals surface area contributed by atoms with Crippen LogP contribution in [0.25, 0.3) is 11.3 Å². The highest BCUT2D eigenvalue weighted by Gasteiger charge is 2.22. The zero-order valence-corrected chi connectivity index (χ0v) is 21.6. The monoisotopic (exact) mass is 471 g/mol. The molecule has 7 nitrogen and oxygen atoms in total. The average molecular weight is 472 g/mol. The quantitative estimate of drug-likeness (QED) is 0.682. The Hall–Kier alpha value is -2.51. The maximum atomic E-state index is 10.8. The lowest BCUT2D eigenvalue weighted by Crippen LogP contribution is -2.37.